The Bertz CT molecular complexity index is 1020. The lowest BCUT2D eigenvalue weighted by atomic mass is 10.0. The molecule has 0 spiro atoms. The minimum atomic E-state index is -0.200. The van der Waals surface area contributed by atoms with Crippen molar-refractivity contribution in [3.05, 3.63) is 56.8 Å². The summed E-state index contributed by atoms with van der Waals surface area (Å²) in [5, 5.41) is 2.90. The van der Waals surface area contributed by atoms with Crippen molar-refractivity contribution in [2.24, 2.45) is 0 Å². The van der Waals surface area contributed by atoms with Crippen LogP contribution < -0.4 is 11.0 Å². The molecule has 1 aliphatic heterocycles. The van der Waals surface area contributed by atoms with Gasteiger partial charge in [-0.3, -0.25) is 9.36 Å². The number of para-hydroxylation sites is 2. The number of rotatable bonds is 5. The van der Waals surface area contributed by atoms with E-state index in [4.69, 9.17) is 4.42 Å². The van der Waals surface area contributed by atoms with Gasteiger partial charge in [0.25, 0.3) is 5.91 Å². The van der Waals surface area contributed by atoms with Gasteiger partial charge in [-0.1, -0.05) is 12.1 Å². The molecule has 2 aromatic heterocycles. The number of carbonyl (C=O) groups excluding carboxylic acids is 1. The molecule has 0 unspecified atom stereocenters. The molecular formula is C20H23BrN4O3. The number of furan rings is 1. The molecule has 28 heavy (non-hydrogen) atoms. The summed E-state index contributed by atoms with van der Waals surface area (Å²) in [6.07, 6.45) is 1.83. The highest BCUT2D eigenvalue weighted by atomic mass is 79.9. The smallest absolute Gasteiger partial charge is 0.326 e. The molecule has 7 nitrogen and oxygen atoms in total. The minimum Gasteiger partial charge on any atom is -0.455 e. The number of fused-ring (bicyclic) bond motifs is 1. The molecular weight excluding hydrogens is 424 g/mol. The normalized spacial score (nSPS) is 15.9. The van der Waals surface area contributed by atoms with Crippen molar-refractivity contribution in [3.8, 4) is 0 Å². The van der Waals surface area contributed by atoms with Gasteiger partial charge in [0, 0.05) is 38.3 Å². The molecule has 0 aliphatic carbocycles. The van der Waals surface area contributed by atoms with Gasteiger partial charge in [0.05, 0.1) is 15.5 Å². The molecule has 3 heterocycles. The molecule has 0 bridgehead atoms. The Morgan fingerprint density at radius 2 is 2.07 bits per heavy atom. The lowest BCUT2D eigenvalue weighted by molar-refractivity contribution is 0.0915. The lowest BCUT2D eigenvalue weighted by Gasteiger charge is -2.32. The third kappa shape index (κ3) is 3.79. The van der Waals surface area contributed by atoms with Crippen LogP contribution in [0.3, 0.4) is 0 Å². The molecule has 0 radical (unpaired) electrons. The Hall–Kier alpha value is -2.32. The van der Waals surface area contributed by atoms with Crippen molar-refractivity contribution >= 4 is 32.9 Å². The van der Waals surface area contributed by atoms with Crippen LogP contribution in [0, 0.1) is 6.92 Å². The van der Waals surface area contributed by atoms with E-state index in [2.05, 4.69) is 31.1 Å². The summed E-state index contributed by atoms with van der Waals surface area (Å²) >= 11 is 3.35. The number of aryl methyl sites for hydroxylation is 1. The standard InChI is InChI=1S/C20H23BrN4O3/c1-13-15(21)12-18(28-13)19(26)22-8-11-24-9-6-14(7-10-24)25-17-5-3-2-4-16(17)23-20(25)27/h2-5,12,14H,6-11H2,1H3,(H,22,26)(H,23,27). The van der Waals surface area contributed by atoms with Crippen LogP contribution in [0.25, 0.3) is 11.0 Å². The number of aromatic nitrogens is 2. The zero-order chi connectivity index (χ0) is 19.7. The molecule has 1 amide bonds. The van der Waals surface area contributed by atoms with Crippen LogP contribution in [0.2, 0.25) is 0 Å². The number of hydrogen-bond donors (Lipinski definition) is 2. The van der Waals surface area contributed by atoms with Crippen molar-refractivity contribution in [2.45, 2.75) is 25.8 Å². The lowest BCUT2D eigenvalue weighted by Crippen LogP contribution is -2.41. The summed E-state index contributed by atoms with van der Waals surface area (Å²) < 4.78 is 8.11. The summed E-state index contributed by atoms with van der Waals surface area (Å²) in [5.74, 6) is 0.815. The van der Waals surface area contributed by atoms with E-state index in [-0.39, 0.29) is 17.6 Å². The van der Waals surface area contributed by atoms with Crippen LogP contribution in [-0.2, 0) is 0 Å². The fourth-order valence-corrected chi connectivity index (χ4v) is 4.11. The van der Waals surface area contributed by atoms with E-state index >= 15 is 0 Å². The Labute approximate surface area is 170 Å². The molecule has 8 heteroatoms. The number of aromatic amines is 1. The van der Waals surface area contributed by atoms with Crippen molar-refractivity contribution < 1.29 is 9.21 Å². The van der Waals surface area contributed by atoms with E-state index in [0.717, 1.165) is 48.0 Å². The van der Waals surface area contributed by atoms with E-state index in [1.165, 1.54) is 0 Å². The maximum atomic E-state index is 12.4. The van der Waals surface area contributed by atoms with E-state index in [1.54, 1.807) is 6.07 Å². The van der Waals surface area contributed by atoms with E-state index in [9.17, 15) is 9.59 Å². The fraction of sp³-hybridized carbons (Fsp3) is 0.400. The number of H-pyrrole nitrogens is 1. The third-order valence-corrected chi connectivity index (χ3v) is 6.13. The third-order valence-electron chi connectivity index (χ3n) is 5.34. The zero-order valence-electron chi connectivity index (χ0n) is 15.7. The highest BCUT2D eigenvalue weighted by Crippen LogP contribution is 2.24. The first-order valence-electron chi connectivity index (χ1n) is 9.48. The van der Waals surface area contributed by atoms with Crippen LogP contribution in [0.5, 0.6) is 0 Å². The van der Waals surface area contributed by atoms with Gasteiger partial charge < -0.3 is 19.6 Å². The average Bonchev–Trinajstić information content (AvgIpc) is 3.21. The zero-order valence-corrected chi connectivity index (χ0v) is 17.3. The Morgan fingerprint density at radius 3 is 2.79 bits per heavy atom. The number of halogens is 1. The van der Waals surface area contributed by atoms with Gasteiger partial charge in [0.15, 0.2) is 5.76 Å². The van der Waals surface area contributed by atoms with E-state index < -0.39 is 0 Å². The van der Waals surface area contributed by atoms with E-state index in [1.807, 2.05) is 35.8 Å². The maximum absolute atomic E-state index is 12.4. The first kappa shape index (κ1) is 19.0. The maximum Gasteiger partial charge on any atom is 0.326 e. The monoisotopic (exact) mass is 446 g/mol. The molecule has 148 valence electrons. The van der Waals surface area contributed by atoms with E-state index in [0.29, 0.717) is 18.1 Å². The summed E-state index contributed by atoms with van der Waals surface area (Å²) in [4.78, 5) is 29.8. The van der Waals surface area contributed by atoms with Gasteiger partial charge >= 0.3 is 5.69 Å². The molecule has 1 fully saturated rings. The predicted octanol–water partition coefficient (Wildman–Crippen LogP) is 3.06. The summed E-state index contributed by atoms with van der Waals surface area (Å²) in [6.45, 7) is 4.95. The van der Waals surface area contributed by atoms with Gasteiger partial charge in [-0.05, 0) is 47.8 Å². The average molecular weight is 447 g/mol. The van der Waals surface area contributed by atoms with Gasteiger partial charge in [0.1, 0.15) is 5.76 Å². The summed E-state index contributed by atoms with van der Waals surface area (Å²) in [5.41, 5.74) is 1.82. The largest absolute Gasteiger partial charge is 0.455 e. The number of nitrogens with zero attached hydrogens (tertiary/aromatic N) is 2. The van der Waals surface area contributed by atoms with Gasteiger partial charge in [0.2, 0.25) is 0 Å². The second kappa shape index (κ2) is 7.97. The number of likely N-dealkylation sites (tertiary alicyclic amines) is 1. The number of piperidine rings is 1. The second-order valence-corrected chi connectivity index (χ2v) is 8.02. The first-order valence-corrected chi connectivity index (χ1v) is 10.3. The number of nitrogens with one attached hydrogen (secondary N) is 2. The second-order valence-electron chi connectivity index (χ2n) is 7.16. The molecule has 0 saturated carbocycles. The minimum absolute atomic E-state index is 0.0354. The topological polar surface area (TPSA) is 83.3 Å². The van der Waals surface area contributed by atoms with Gasteiger partial charge in [-0.25, -0.2) is 4.79 Å². The van der Waals surface area contributed by atoms with Gasteiger partial charge in [-0.15, -0.1) is 0 Å². The number of benzene rings is 1. The van der Waals surface area contributed by atoms with Crippen LogP contribution in [0.4, 0.5) is 0 Å². The molecule has 0 atom stereocenters. The van der Waals surface area contributed by atoms with Crippen molar-refractivity contribution in [3.63, 3.8) is 0 Å². The molecule has 2 N–H and O–H groups in total. The highest BCUT2D eigenvalue weighted by Gasteiger charge is 2.23. The highest BCUT2D eigenvalue weighted by molar-refractivity contribution is 9.10. The summed E-state index contributed by atoms with van der Waals surface area (Å²) in [6, 6.07) is 9.71. The Kier molecular flexibility index (Phi) is 5.41. The molecule has 4 rings (SSSR count). The van der Waals surface area contributed by atoms with Crippen molar-refractivity contribution in [1.82, 2.24) is 19.8 Å². The first-order chi connectivity index (χ1) is 13.5. The predicted molar refractivity (Wildman–Crippen MR) is 111 cm³/mol. The van der Waals surface area contributed by atoms with Crippen molar-refractivity contribution in [2.75, 3.05) is 26.2 Å². The number of carbonyl (C=O) groups is 1. The number of hydrogen-bond acceptors (Lipinski definition) is 4. The molecule has 3 aromatic rings. The number of amides is 1. The quantitative estimate of drug-likeness (QED) is 0.630. The fourth-order valence-electron chi connectivity index (χ4n) is 3.82. The molecule has 1 aliphatic rings. The van der Waals surface area contributed by atoms with Crippen LogP contribution in [0.1, 0.15) is 35.2 Å². The van der Waals surface area contributed by atoms with Gasteiger partial charge in [-0.2, -0.15) is 0 Å². The van der Waals surface area contributed by atoms with Crippen molar-refractivity contribution in [1.29, 1.82) is 0 Å². The number of imidazole rings is 1. The summed E-state index contributed by atoms with van der Waals surface area (Å²) in [7, 11) is 0. The Balaban J connectivity index is 1.29. The van der Waals surface area contributed by atoms with Crippen LogP contribution >= 0.6 is 15.9 Å². The van der Waals surface area contributed by atoms with Crippen LogP contribution in [0.15, 0.2) is 44.0 Å². The molecule has 1 aromatic carbocycles. The molecule has 1 saturated heterocycles. The van der Waals surface area contributed by atoms with Crippen LogP contribution in [-0.4, -0.2) is 46.5 Å². The Morgan fingerprint density at radius 1 is 1.32 bits per heavy atom. The SMILES string of the molecule is Cc1oc(C(=O)NCCN2CCC(n3c(=O)[nH]c4ccccc43)CC2)cc1Br.